The van der Waals surface area contributed by atoms with Gasteiger partial charge in [0, 0.05) is 56.3 Å². The van der Waals surface area contributed by atoms with Gasteiger partial charge >= 0.3 is 17.9 Å². The molecular weight excluding hydrogens is 1210 g/mol. The van der Waals surface area contributed by atoms with Crippen molar-refractivity contribution in [2.24, 2.45) is 0 Å². The molecule has 5 N–H and O–H groups in total. The average molecular weight is 1270 g/mol. The van der Waals surface area contributed by atoms with Gasteiger partial charge in [-0.25, -0.2) is 52.3 Å². The molecule has 0 fully saturated rings. The van der Waals surface area contributed by atoms with Crippen molar-refractivity contribution in [3.8, 4) is 0 Å². The second kappa shape index (κ2) is 37.5. The minimum absolute atomic E-state index is 0.0899. The van der Waals surface area contributed by atoms with E-state index in [1.807, 2.05) is 45.0 Å². The molecule has 8 rings (SSSR count). The van der Waals surface area contributed by atoms with Gasteiger partial charge in [-0.1, -0.05) is 86.7 Å². The Morgan fingerprint density at radius 1 is 0.571 bits per heavy atom. The molecule has 8 aromatic rings. The van der Waals surface area contributed by atoms with E-state index in [0.717, 1.165) is 46.2 Å². The number of aromatic amines is 1. The number of hydrogen-bond donors (Lipinski definition) is 4. The van der Waals surface area contributed by atoms with Crippen LogP contribution in [0, 0.1) is 11.6 Å². The Labute approximate surface area is 495 Å². The maximum Gasteiger partial charge on any atom is 0.358 e. The second-order valence-corrected chi connectivity index (χ2v) is 18.4. The number of ether oxygens (including phenoxy) is 2. The predicted octanol–water partition coefficient (Wildman–Crippen LogP) is 7.60. The fourth-order valence-electron chi connectivity index (χ4n) is 6.56. The number of methoxy groups -OCH3 is 2. The lowest BCUT2D eigenvalue weighted by Crippen LogP contribution is -2.26. The van der Waals surface area contributed by atoms with Gasteiger partial charge in [0.1, 0.15) is 29.0 Å². The SMILES string of the molecule is CCCI.CCCn1nc(C(=O)Nc2ccc(Cc3cccc(F)c3)cn2)ccc1=O.CCCn1nc(C(=O)O)ccc1=O.CCCn1nc(C(=O)OC)ccc1=O.COC(=O)c1ccc(=O)[nH]n1.Nc1ccc(Cc2cccc(F)c2)cn1. The molecule has 0 radical (unpaired) electrons. The van der Waals surface area contributed by atoms with Crippen LogP contribution in [-0.4, -0.2) is 97.1 Å². The fourth-order valence-corrected chi connectivity index (χ4v) is 6.56. The van der Waals surface area contributed by atoms with Crippen molar-refractivity contribution in [1.82, 2.24) is 49.5 Å². The number of halogens is 3. The molecule has 6 aromatic heterocycles. The molecule has 1 amide bonds. The summed E-state index contributed by atoms with van der Waals surface area (Å²) in [6.07, 6.45) is 8.14. The highest BCUT2D eigenvalue weighted by molar-refractivity contribution is 14.1. The largest absolute Gasteiger partial charge is 0.476 e. The van der Waals surface area contributed by atoms with E-state index in [2.05, 4.69) is 79.8 Å². The van der Waals surface area contributed by atoms with E-state index >= 15 is 0 Å². The van der Waals surface area contributed by atoms with Gasteiger partial charge in [0.2, 0.25) is 0 Å². The minimum Gasteiger partial charge on any atom is -0.476 e. The van der Waals surface area contributed by atoms with Gasteiger partial charge in [0.05, 0.1) is 14.2 Å². The molecular formula is C58H65F2IN12O11. The van der Waals surface area contributed by atoms with Crippen molar-refractivity contribution in [3.63, 3.8) is 0 Å². The molecule has 0 atom stereocenters. The quantitative estimate of drug-likeness (QED) is 0.0411. The van der Waals surface area contributed by atoms with Gasteiger partial charge in [-0.05, 0) is 126 Å². The summed E-state index contributed by atoms with van der Waals surface area (Å²) in [5.41, 5.74) is 8.38. The summed E-state index contributed by atoms with van der Waals surface area (Å²) in [7, 11) is 2.52. The number of aromatic carboxylic acids is 1. The number of nitrogens with one attached hydrogen (secondary N) is 2. The third-order valence-corrected chi connectivity index (χ3v) is 11.6. The van der Waals surface area contributed by atoms with Gasteiger partial charge in [0.25, 0.3) is 28.1 Å². The number of carboxylic acid groups (broad SMARTS) is 1. The van der Waals surface area contributed by atoms with Crippen LogP contribution >= 0.6 is 22.6 Å². The van der Waals surface area contributed by atoms with Crippen LogP contribution < -0.4 is 33.3 Å². The number of carboxylic acids is 1. The van der Waals surface area contributed by atoms with Gasteiger partial charge < -0.3 is 25.6 Å². The van der Waals surface area contributed by atoms with Crippen molar-refractivity contribution in [3.05, 3.63) is 232 Å². The molecule has 0 spiro atoms. The van der Waals surface area contributed by atoms with Crippen LogP contribution in [0.3, 0.4) is 0 Å². The smallest absolute Gasteiger partial charge is 0.358 e. The molecule has 0 unspecified atom stereocenters. The molecule has 444 valence electrons. The number of nitrogens with zero attached hydrogens (tertiary/aromatic N) is 9. The number of carbonyl (C=O) groups excluding carboxylic acids is 3. The molecule has 2 aromatic carbocycles. The molecule has 23 nitrogen and oxygen atoms in total. The zero-order valence-corrected chi connectivity index (χ0v) is 49.2. The summed E-state index contributed by atoms with van der Waals surface area (Å²) in [6, 6.07) is 30.4. The Hall–Kier alpha value is -9.47. The summed E-state index contributed by atoms with van der Waals surface area (Å²) in [4.78, 5) is 97.3. The number of H-pyrrole nitrogens is 1. The first-order valence-corrected chi connectivity index (χ1v) is 27.5. The summed E-state index contributed by atoms with van der Waals surface area (Å²) in [5.74, 6) is -2.28. The second-order valence-electron chi connectivity index (χ2n) is 17.3. The topological polar surface area (TPSA) is 321 Å². The number of hydrogen-bond acceptors (Lipinski definition) is 17. The molecule has 0 aliphatic rings. The van der Waals surface area contributed by atoms with Crippen LogP contribution in [0.5, 0.6) is 0 Å². The van der Waals surface area contributed by atoms with Gasteiger partial charge in [-0.15, -0.1) is 0 Å². The van der Waals surface area contributed by atoms with Crippen molar-refractivity contribution in [2.75, 3.05) is 29.7 Å². The van der Waals surface area contributed by atoms with Crippen molar-refractivity contribution in [2.45, 2.75) is 85.9 Å². The number of rotatable bonds is 16. The summed E-state index contributed by atoms with van der Waals surface area (Å²) >= 11 is 2.35. The lowest BCUT2D eigenvalue weighted by atomic mass is 10.1. The maximum atomic E-state index is 13.3. The lowest BCUT2D eigenvalue weighted by molar-refractivity contribution is 0.0583. The number of pyridine rings is 2. The Balaban J connectivity index is 0.000000282. The molecule has 0 saturated carbocycles. The number of nitrogen functional groups attached to an aromatic ring is 1. The average Bonchev–Trinajstić information content (AvgIpc) is 3.56. The number of nitrogens with two attached hydrogens (primary N) is 1. The molecule has 0 bridgehead atoms. The normalized spacial score (nSPS) is 9.96. The van der Waals surface area contributed by atoms with Gasteiger partial charge in [-0.3, -0.25) is 24.0 Å². The predicted molar refractivity (Wildman–Crippen MR) is 319 cm³/mol. The fraction of sp³-hybridized carbons (Fsp3) is 0.276. The van der Waals surface area contributed by atoms with E-state index in [0.29, 0.717) is 44.1 Å². The molecule has 26 heteroatoms. The van der Waals surface area contributed by atoms with Gasteiger partial charge in [-0.2, -0.15) is 20.4 Å². The summed E-state index contributed by atoms with van der Waals surface area (Å²) in [6.45, 7) is 9.32. The van der Waals surface area contributed by atoms with Crippen LogP contribution in [0.2, 0.25) is 0 Å². The monoisotopic (exact) mass is 1270 g/mol. The number of benzene rings is 2. The third-order valence-electron chi connectivity index (χ3n) is 10.5. The Kier molecular flexibility index (Phi) is 30.7. The first kappa shape index (κ1) is 68.8. The van der Waals surface area contributed by atoms with Crippen LogP contribution in [0.1, 0.15) is 118 Å². The number of anilines is 2. The number of carbonyl (C=O) groups is 4. The number of alkyl halides is 1. The zero-order valence-electron chi connectivity index (χ0n) is 47.0. The minimum atomic E-state index is -1.12. The standard InChI is InChI=1S/C20H19FN4O2.C12H11FN2.C9H12N2O3.C8H10N2O3.C6H6N2O3.C3H7I/c1-2-10-25-19(26)9-7-17(24-25)20(27)23-18-8-6-15(13-22-18)11-14-4-3-5-16(21)12-14;13-11-3-1-2-9(7-11)6-10-4-5-12(14)15-8-10;1-3-6-11-8(12)5-4-7(10-11)9(13)14-2;1-2-5-10-7(11)4-3-6(9-10)8(12)13;1-11-6(10)4-2-3-5(9)8-7-4;1-2-3-4/h3-9,12-13H,2,10-11H2,1H3,(H,22,23,27);1-5,7-8H,6H2,(H2,14,15);4-5H,3,6H2,1-2H3;3-4H,2,5H2,1H3,(H,12,13);2-3H,1H3,(H,8,9);2-3H2,1H3. The summed E-state index contributed by atoms with van der Waals surface area (Å²) in [5, 5.41) is 28.4. The molecule has 6 heterocycles. The van der Waals surface area contributed by atoms with Crippen LogP contribution in [-0.2, 0) is 41.9 Å². The molecule has 0 aliphatic carbocycles. The van der Waals surface area contributed by atoms with Crippen LogP contribution in [0.4, 0.5) is 20.4 Å². The third kappa shape index (κ3) is 25.1. The number of amides is 1. The Bertz CT molecular complexity index is 3600. The van der Waals surface area contributed by atoms with Crippen LogP contribution in [0.15, 0.2) is 153 Å². The highest BCUT2D eigenvalue weighted by atomic mass is 127. The number of esters is 2. The van der Waals surface area contributed by atoms with Gasteiger partial charge in [0.15, 0.2) is 17.1 Å². The van der Waals surface area contributed by atoms with Crippen molar-refractivity contribution >= 4 is 58.0 Å². The first-order chi connectivity index (χ1) is 40.3. The van der Waals surface area contributed by atoms with E-state index in [4.69, 9.17) is 10.8 Å². The van der Waals surface area contributed by atoms with E-state index in [-0.39, 0.29) is 56.6 Å². The van der Waals surface area contributed by atoms with E-state index in [9.17, 15) is 47.1 Å². The Morgan fingerprint density at radius 2 is 1.01 bits per heavy atom. The molecule has 84 heavy (non-hydrogen) atoms. The van der Waals surface area contributed by atoms with Crippen molar-refractivity contribution < 1.29 is 42.5 Å². The number of aromatic nitrogens is 10. The van der Waals surface area contributed by atoms with E-state index in [1.165, 1.54) is 107 Å². The highest BCUT2D eigenvalue weighted by Crippen LogP contribution is 2.14. The molecule has 0 aliphatic heterocycles. The van der Waals surface area contributed by atoms with E-state index < -0.39 is 23.8 Å². The number of aryl methyl sites for hydroxylation is 3. The maximum absolute atomic E-state index is 13.3. The van der Waals surface area contributed by atoms with Crippen molar-refractivity contribution in [1.29, 1.82) is 0 Å². The first-order valence-electron chi connectivity index (χ1n) is 26.0. The molecule has 0 saturated heterocycles. The highest BCUT2D eigenvalue weighted by Gasteiger charge is 2.12. The zero-order chi connectivity index (χ0) is 62.0. The summed E-state index contributed by atoms with van der Waals surface area (Å²) < 4.78 is 40.0. The lowest BCUT2D eigenvalue weighted by Gasteiger charge is -2.07. The van der Waals surface area contributed by atoms with E-state index in [1.54, 1.807) is 36.7 Å². The van der Waals surface area contributed by atoms with Crippen LogP contribution in [0.25, 0.3) is 0 Å². The Morgan fingerprint density at radius 3 is 1.42 bits per heavy atom.